The minimum atomic E-state index is -0.128. The molecule has 0 saturated carbocycles. The van der Waals surface area contributed by atoms with Crippen LogP contribution >= 0.6 is 11.6 Å². The summed E-state index contributed by atoms with van der Waals surface area (Å²) in [6.07, 6.45) is 1.43. The summed E-state index contributed by atoms with van der Waals surface area (Å²) in [6.45, 7) is 0. The number of fused-ring (bicyclic) bond motifs is 1. The summed E-state index contributed by atoms with van der Waals surface area (Å²) in [6, 6.07) is 5.06. The monoisotopic (exact) mass is 209 g/mol. The average molecular weight is 210 g/mol. The van der Waals surface area contributed by atoms with Crippen molar-refractivity contribution in [1.29, 1.82) is 0 Å². The molecule has 4 nitrogen and oxygen atoms in total. The number of anilines is 1. The lowest BCUT2D eigenvalue weighted by Gasteiger charge is -2.09. The molecule has 0 atom stereocenters. The highest BCUT2D eigenvalue weighted by molar-refractivity contribution is 6.31. The van der Waals surface area contributed by atoms with E-state index in [0.29, 0.717) is 16.3 Å². The summed E-state index contributed by atoms with van der Waals surface area (Å²) in [4.78, 5) is 13.1. The molecule has 14 heavy (non-hydrogen) atoms. The van der Waals surface area contributed by atoms with Gasteiger partial charge in [0.05, 0.1) is 11.3 Å². The lowest BCUT2D eigenvalue weighted by Crippen LogP contribution is -2.23. The highest BCUT2D eigenvalue weighted by Gasteiger charge is 2.17. The van der Waals surface area contributed by atoms with E-state index >= 15 is 0 Å². The molecule has 1 heterocycles. The van der Waals surface area contributed by atoms with E-state index < -0.39 is 0 Å². The standard InChI is InChI=1S/C9H8ClN3O/c1-13-5-11-12-8-3-2-6(10)4-7(8)9(13)14/h2-5,12H,1H3. The molecule has 0 fully saturated rings. The van der Waals surface area contributed by atoms with Crippen molar-refractivity contribution in [3.63, 3.8) is 0 Å². The fraction of sp³-hybridized carbons (Fsp3) is 0.111. The van der Waals surface area contributed by atoms with Crippen LogP contribution in [0.1, 0.15) is 10.4 Å². The highest BCUT2D eigenvalue weighted by Crippen LogP contribution is 2.22. The van der Waals surface area contributed by atoms with Gasteiger partial charge in [0.1, 0.15) is 6.34 Å². The third-order valence-electron chi connectivity index (χ3n) is 1.95. The second-order valence-electron chi connectivity index (χ2n) is 2.96. The molecule has 1 amide bonds. The summed E-state index contributed by atoms with van der Waals surface area (Å²) in [5.74, 6) is -0.128. The Hall–Kier alpha value is -1.55. The predicted molar refractivity (Wildman–Crippen MR) is 55.7 cm³/mol. The van der Waals surface area contributed by atoms with Gasteiger partial charge in [-0.3, -0.25) is 10.2 Å². The van der Waals surface area contributed by atoms with Gasteiger partial charge in [-0.15, -0.1) is 0 Å². The van der Waals surface area contributed by atoms with Crippen LogP contribution in [0.5, 0.6) is 0 Å². The summed E-state index contributed by atoms with van der Waals surface area (Å²) in [5.41, 5.74) is 3.95. The first-order valence-electron chi connectivity index (χ1n) is 4.04. The first-order chi connectivity index (χ1) is 6.68. The molecule has 0 bridgehead atoms. The lowest BCUT2D eigenvalue weighted by molar-refractivity contribution is 0.0877. The first kappa shape index (κ1) is 9.02. The Morgan fingerprint density at radius 3 is 3.07 bits per heavy atom. The van der Waals surface area contributed by atoms with E-state index in [4.69, 9.17) is 11.6 Å². The van der Waals surface area contributed by atoms with Crippen molar-refractivity contribution in [2.45, 2.75) is 0 Å². The van der Waals surface area contributed by atoms with E-state index in [1.165, 1.54) is 11.2 Å². The zero-order valence-corrected chi connectivity index (χ0v) is 8.25. The Labute approximate surface area is 86.2 Å². The summed E-state index contributed by atoms with van der Waals surface area (Å²) < 4.78 is 0. The van der Waals surface area contributed by atoms with Crippen molar-refractivity contribution in [2.24, 2.45) is 5.10 Å². The van der Waals surface area contributed by atoms with E-state index in [0.717, 1.165) is 0 Å². The normalized spacial score (nSPS) is 14.7. The molecule has 0 spiro atoms. The Kier molecular flexibility index (Phi) is 2.13. The van der Waals surface area contributed by atoms with Gasteiger partial charge in [-0.05, 0) is 18.2 Å². The van der Waals surface area contributed by atoms with E-state index in [9.17, 15) is 4.79 Å². The third-order valence-corrected chi connectivity index (χ3v) is 2.18. The molecule has 2 rings (SSSR count). The van der Waals surface area contributed by atoms with Gasteiger partial charge in [-0.1, -0.05) is 11.6 Å². The van der Waals surface area contributed by atoms with Crippen molar-refractivity contribution in [3.8, 4) is 0 Å². The number of halogens is 1. The number of carbonyl (C=O) groups excluding carboxylic acids is 1. The first-order valence-corrected chi connectivity index (χ1v) is 4.42. The molecule has 1 aliphatic rings. The summed E-state index contributed by atoms with van der Waals surface area (Å²) >= 11 is 5.80. The van der Waals surface area contributed by atoms with Crippen LogP contribution < -0.4 is 5.43 Å². The van der Waals surface area contributed by atoms with Crippen LogP contribution in [0.15, 0.2) is 23.3 Å². The smallest absolute Gasteiger partial charge is 0.260 e. The molecule has 1 aliphatic heterocycles. The largest absolute Gasteiger partial charge is 0.300 e. The van der Waals surface area contributed by atoms with Crippen LogP contribution in [0.2, 0.25) is 5.02 Å². The molecule has 1 aromatic carbocycles. The van der Waals surface area contributed by atoms with Crippen LogP contribution in [0.25, 0.3) is 0 Å². The predicted octanol–water partition coefficient (Wildman–Crippen LogP) is 1.78. The Bertz CT molecular complexity index is 417. The van der Waals surface area contributed by atoms with Gasteiger partial charge in [-0.2, -0.15) is 5.10 Å². The zero-order valence-electron chi connectivity index (χ0n) is 7.49. The van der Waals surface area contributed by atoms with Crippen LogP contribution in [0.3, 0.4) is 0 Å². The maximum atomic E-state index is 11.7. The number of carbonyl (C=O) groups is 1. The number of nitrogens with zero attached hydrogens (tertiary/aromatic N) is 2. The summed E-state index contributed by atoms with van der Waals surface area (Å²) in [5, 5.41) is 4.40. The van der Waals surface area contributed by atoms with Gasteiger partial charge in [0.15, 0.2) is 0 Å². The summed E-state index contributed by atoms with van der Waals surface area (Å²) in [7, 11) is 1.64. The number of hydrogen-bond acceptors (Lipinski definition) is 3. The molecule has 0 aliphatic carbocycles. The molecule has 1 aromatic rings. The molecular weight excluding hydrogens is 202 g/mol. The fourth-order valence-electron chi connectivity index (χ4n) is 1.22. The lowest BCUT2D eigenvalue weighted by atomic mass is 10.1. The van der Waals surface area contributed by atoms with E-state index in [-0.39, 0.29) is 5.91 Å². The molecule has 0 unspecified atom stereocenters. The van der Waals surface area contributed by atoms with Gasteiger partial charge >= 0.3 is 0 Å². The molecule has 0 aromatic heterocycles. The van der Waals surface area contributed by atoms with Crippen molar-refractivity contribution >= 4 is 29.5 Å². The second-order valence-corrected chi connectivity index (χ2v) is 3.40. The fourth-order valence-corrected chi connectivity index (χ4v) is 1.39. The van der Waals surface area contributed by atoms with E-state index in [2.05, 4.69) is 10.5 Å². The Morgan fingerprint density at radius 1 is 1.50 bits per heavy atom. The van der Waals surface area contributed by atoms with Crippen molar-refractivity contribution in [1.82, 2.24) is 4.90 Å². The van der Waals surface area contributed by atoms with Gasteiger partial charge < -0.3 is 4.90 Å². The zero-order chi connectivity index (χ0) is 10.1. The Balaban J connectivity index is 2.55. The highest BCUT2D eigenvalue weighted by atomic mass is 35.5. The minimum Gasteiger partial charge on any atom is -0.300 e. The second kappa shape index (κ2) is 3.31. The maximum absolute atomic E-state index is 11.7. The average Bonchev–Trinajstić information content (AvgIpc) is 2.30. The number of benzene rings is 1. The quantitative estimate of drug-likeness (QED) is 0.708. The molecular formula is C9H8ClN3O. The van der Waals surface area contributed by atoms with Crippen LogP contribution in [-0.2, 0) is 0 Å². The minimum absolute atomic E-state index is 0.128. The van der Waals surface area contributed by atoms with E-state index in [1.807, 2.05) is 0 Å². The maximum Gasteiger partial charge on any atom is 0.260 e. The number of nitrogens with one attached hydrogen (secondary N) is 1. The Morgan fingerprint density at radius 2 is 2.29 bits per heavy atom. The molecule has 72 valence electrons. The van der Waals surface area contributed by atoms with Gasteiger partial charge in [0, 0.05) is 12.1 Å². The number of hydrogen-bond donors (Lipinski definition) is 1. The topological polar surface area (TPSA) is 44.7 Å². The SMILES string of the molecule is CN1C=NNc2ccc(Cl)cc2C1=O. The number of rotatable bonds is 0. The van der Waals surface area contributed by atoms with E-state index in [1.54, 1.807) is 25.2 Å². The van der Waals surface area contributed by atoms with Gasteiger partial charge in [0.25, 0.3) is 5.91 Å². The third kappa shape index (κ3) is 1.44. The van der Waals surface area contributed by atoms with Crippen molar-refractivity contribution < 1.29 is 4.79 Å². The molecule has 0 saturated heterocycles. The van der Waals surface area contributed by atoms with Gasteiger partial charge in [0.2, 0.25) is 0 Å². The van der Waals surface area contributed by atoms with Gasteiger partial charge in [-0.25, -0.2) is 0 Å². The van der Waals surface area contributed by atoms with Crippen molar-refractivity contribution in [2.75, 3.05) is 12.5 Å². The van der Waals surface area contributed by atoms with Crippen molar-refractivity contribution in [3.05, 3.63) is 28.8 Å². The van der Waals surface area contributed by atoms with Crippen LogP contribution in [0, 0.1) is 0 Å². The molecule has 5 heteroatoms. The molecule has 1 N–H and O–H groups in total. The number of amides is 1. The van der Waals surface area contributed by atoms with Crippen LogP contribution in [0.4, 0.5) is 5.69 Å². The van der Waals surface area contributed by atoms with Crippen LogP contribution in [-0.4, -0.2) is 24.2 Å². The number of hydrazone groups is 1. The molecule has 0 radical (unpaired) electrons.